The van der Waals surface area contributed by atoms with Crippen LogP contribution >= 0.6 is 0 Å². The van der Waals surface area contributed by atoms with Gasteiger partial charge in [-0.3, -0.25) is 10.2 Å². The van der Waals surface area contributed by atoms with Crippen LogP contribution in [0.5, 0.6) is 0 Å². The first kappa shape index (κ1) is 9.53. The molecule has 0 atom stereocenters. The highest BCUT2D eigenvalue weighted by Gasteiger charge is 2.25. The van der Waals surface area contributed by atoms with Gasteiger partial charge in [-0.25, -0.2) is 0 Å². The summed E-state index contributed by atoms with van der Waals surface area (Å²) in [6.45, 7) is 6.20. The molecular formula is C9H16N2O. The van der Waals surface area contributed by atoms with Crippen LogP contribution in [0.4, 0.5) is 0 Å². The predicted octanol–water partition coefficient (Wildman–Crippen LogP) is -0.378. The number of nitrogens with zero attached hydrogens (tertiary/aromatic N) is 1. The van der Waals surface area contributed by atoms with Crippen LogP contribution in [0.3, 0.4) is 0 Å². The maximum Gasteiger partial charge on any atom is 0.0794 e. The van der Waals surface area contributed by atoms with Crippen molar-refractivity contribution in [2.45, 2.75) is 25.5 Å². The Labute approximate surface area is 73.8 Å². The van der Waals surface area contributed by atoms with E-state index in [9.17, 15) is 0 Å². The molecule has 3 nitrogen and oxygen atoms in total. The second-order valence-corrected chi connectivity index (χ2v) is 3.79. The molecule has 1 heterocycles. The summed E-state index contributed by atoms with van der Waals surface area (Å²) in [5.74, 6) is 2.66. The summed E-state index contributed by atoms with van der Waals surface area (Å²) in [6, 6.07) is 0. The number of terminal acetylenes is 1. The predicted molar refractivity (Wildman–Crippen MR) is 48.5 cm³/mol. The van der Waals surface area contributed by atoms with Gasteiger partial charge in [0.1, 0.15) is 0 Å². The molecule has 0 aromatic rings. The Kier molecular flexibility index (Phi) is 2.73. The molecule has 0 amide bonds. The first-order chi connectivity index (χ1) is 5.53. The third-order valence-electron chi connectivity index (χ3n) is 2.04. The Balaban J connectivity index is 2.15. The zero-order valence-corrected chi connectivity index (χ0v) is 7.67. The summed E-state index contributed by atoms with van der Waals surface area (Å²) in [5.41, 5.74) is -0.249. The standard InChI is InChI=1S/C9H16N2O/c1-4-9(2,3)10-7-11-5-8(12)6-11/h1,8,10,12H,5-7H2,2-3H3. The second kappa shape index (κ2) is 3.44. The van der Waals surface area contributed by atoms with Crippen molar-refractivity contribution in [3.8, 4) is 12.3 Å². The van der Waals surface area contributed by atoms with Gasteiger partial charge in [0.2, 0.25) is 0 Å². The third-order valence-corrected chi connectivity index (χ3v) is 2.04. The lowest BCUT2D eigenvalue weighted by Crippen LogP contribution is -2.56. The molecule has 0 aromatic carbocycles. The minimum absolute atomic E-state index is 0.138. The molecule has 12 heavy (non-hydrogen) atoms. The second-order valence-electron chi connectivity index (χ2n) is 3.79. The molecule has 0 unspecified atom stereocenters. The van der Waals surface area contributed by atoms with Gasteiger partial charge in [0.05, 0.1) is 11.6 Å². The van der Waals surface area contributed by atoms with E-state index in [0.29, 0.717) is 0 Å². The van der Waals surface area contributed by atoms with Crippen molar-refractivity contribution in [1.29, 1.82) is 0 Å². The summed E-state index contributed by atoms with van der Waals surface area (Å²) in [4.78, 5) is 2.11. The van der Waals surface area contributed by atoms with Crippen molar-refractivity contribution in [3.05, 3.63) is 0 Å². The normalized spacial score (nSPS) is 20.2. The van der Waals surface area contributed by atoms with Crippen molar-refractivity contribution in [1.82, 2.24) is 10.2 Å². The number of aliphatic hydroxyl groups excluding tert-OH is 1. The molecule has 1 aliphatic heterocycles. The molecule has 0 spiro atoms. The molecule has 1 rings (SSSR count). The van der Waals surface area contributed by atoms with E-state index in [-0.39, 0.29) is 11.6 Å². The molecule has 1 fully saturated rings. The van der Waals surface area contributed by atoms with Crippen LogP contribution in [0.15, 0.2) is 0 Å². The number of likely N-dealkylation sites (tertiary alicyclic amines) is 1. The van der Waals surface area contributed by atoms with Crippen molar-refractivity contribution >= 4 is 0 Å². The largest absolute Gasteiger partial charge is 0.390 e. The Hall–Kier alpha value is -0.560. The maximum atomic E-state index is 9.00. The summed E-state index contributed by atoms with van der Waals surface area (Å²) in [7, 11) is 0. The highest BCUT2D eigenvalue weighted by molar-refractivity contribution is 5.07. The molecule has 0 radical (unpaired) electrons. The topological polar surface area (TPSA) is 35.5 Å². The quantitative estimate of drug-likeness (QED) is 0.564. The first-order valence-electron chi connectivity index (χ1n) is 4.17. The van der Waals surface area contributed by atoms with E-state index in [1.54, 1.807) is 0 Å². The maximum absolute atomic E-state index is 9.00. The molecule has 1 saturated heterocycles. The van der Waals surface area contributed by atoms with E-state index in [0.717, 1.165) is 19.8 Å². The average Bonchev–Trinajstić information content (AvgIpc) is 1.96. The molecule has 68 valence electrons. The lowest BCUT2D eigenvalue weighted by Gasteiger charge is -2.37. The first-order valence-corrected chi connectivity index (χ1v) is 4.17. The highest BCUT2D eigenvalue weighted by atomic mass is 16.3. The smallest absolute Gasteiger partial charge is 0.0794 e. The fourth-order valence-electron chi connectivity index (χ4n) is 1.03. The van der Waals surface area contributed by atoms with Gasteiger partial charge in [0.15, 0.2) is 0 Å². The van der Waals surface area contributed by atoms with Crippen LogP contribution in [0.25, 0.3) is 0 Å². The van der Waals surface area contributed by atoms with E-state index in [1.165, 1.54) is 0 Å². The van der Waals surface area contributed by atoms with Gasteiger partial charge in [0, 0.05) is 19.8 Å². The van der Waals surface area contributed by atoms with E-state index in [2.05, 4.69) is 16.1 Å². The number of nitrogens with one attached hydrogen (secondary N) is 1. The van der Waals surface area contributed by atoms with E-state index >= 15 is 0 Å². The minimum atomic E-state index is -0.249. The molecular weight excluding hydrogens is 152 g/mol. The van der Waals surface area contributed by atoms with Gasteiger partial charge in [-0.1, -0.05) is 5.92 Å². The fraction of sp³-hybridized carbons (Fsp3) is 0.778. The molecule has 0 aliphatic carbocycles. The van der Waals surface area contributed by atoms with Gasteiger partial charge >= 0.3 is 0 Å². The highest BCUT2D eigenvalue weighted by Crippen LogP contribution is 2.06. The van der Waals surface area contributed by atoms with Gasteiger partial charge in [-0.2, -0.15) is 0 Å². The van der Waals surface area contributed by atoms with Crippen LogP contribution in [0.1, 0.15) is 13.8 Å². The van der Waals surface area contributed by atoms with E-state index < -0.39 is 0 Å². The Bertz CT molecular complexity index is 189. The van der Waals surface area contributed by atoms with Gasteiger partial charge < -0.3 is 5.11 Å². The zero-order valence-electron chi connectivity index (χ0n) is 7.67. The van der Waals surface area contributed by atoms with Gasteiger partial charge in [0.25, 0.3) is 0 Å². The van der Waals surface area contributed by atoms with E-state index in [4.69, 9.17) is 11.5 Å². The van der Waals surface area contributed by atoms with Crippen molar-refractivity contribution in [3.63, 3.8) is 0 Å². The lowest BCUT2D eigenvalue weighted by molar-refractivity contribution is -0.00515. The Morgan fingerprint density at radius 1 is 1.67 bits per heavy atom. The van der Waals surface area contributed by atoms with Crippen molar-refractivity contribution in [2.75, 3.05) is 19.8 Å². The van der Waals surface area contributed by atoms with Crippen LogP contribution in [-0.2, 0) is 0 Å². The van der Waals surface area contributed by atoms with Crippen LogP contribution in [-0.4, -0.2) is 41.4 Å². The number of β-amino-alcohol motifs (C(OH)–C–C–N with tert-alkyl or cyclic N) is 1. The molecule has 0 bridgehead atoms. The minimum Gasteiger partial charge on any atom is -0.390 e. The molecule has 1 aliphatic rings. The molecule has 0 aromatic heterocycles. The molecule has 3 heteroatoms. The van der Waals surface area contributed by atoms with Crippen LogP contribution in [0, 0.1) is 12.3 Å². The number of hydrogen-bond donors (Lipinski definition) is 2. The van der Waals surface area contributed by atoms with Crippen molar-refractivity contribution in [2.24, 2.45) is 0 Å². The summed E-state index contributed by atoms with van der Waals surface area (Å²) >= 11 is 0. The third kappa shape index (κ3) is 2.49. The average molecular weight is 168 g/mol. The zero-order chi connectivity index (χ0) is 9.19. The Morgan fingerprint density at radius 2 is 2.25 bits per heavy atom. The van der Waals surface area contributed by atoms with Crippen molar-refractivity contribution < 1.29 is 5.11 Å². The van der Waals surface area contributed by atoms with Crippen LogP contribution < -0.4 is 5.32 Å². The number of hydrogen-bond acceptors (Lipinski definition) is 3. The Morgan fingerprint density at radius 3 is 2.67 bits per heavy atom. The SMILES string of the molecule is C#CC(C)(C)NCN1CC(O)C1. The monoisotopic (exact) mass is 168 g/mol. The lowest BCUT2D eigenvalue weighted by atomic mass is 10.1. The molecule has 0 saturated carbocycles. The van der Waals surface area contributed by atoms with Gasteiger partial charge in [-0.05, 0) is 13.8 Å². The molecule has 2 N–H and O–H groups in total. The van der Waals surface area contributed by atoms with E-state index in [1.807, 2.05) is 13.8 Å². The van der Waals surface area contributed by atoms with Crippen LogP contribution in [0.2, 0.25) is 0 Å². The summed E-state index contributed by atoms with van der Waals surface area (Å²) in [6.07, 6.45) is 5.16. The van der Waals surface area contributed by atoms with Gasteiger partial charge in [-0.15, -0.1) is 6.42 Å². The summed E-state index contributed by atoms with van der Waals surface area (Å²) < 4.78 is 0. The fourth-order valence-corrected chi connectivity index (χ4v) is 1.03. The summed E-state index contributed by atoms with van der Waals surface area (Å²) in [5, 5.41) is 12.2. The number of aliphatic hydroxyl groups is 1. The number of rotatable bonds is 3.